The fourth-order valence-electron chi connectivity index (χ4n) is 2.98. The first-order chi connectivity index (χ1) is 11.4. The lowest BCUT2D eigenvalue weighted by atomic mass is 10.1. The van der Waals surface area contributed by atoms with Crippen LogP contribution in [0.1, 0.15) is 25.8 Å². The lowest BCUT2D eigenvalue weighted by molar-refractivity contribution is -0.129. The minimum atomic E-state index is -0.261. The summed E-state index contributed by atoms with van der Waals surface area (Å²) in [4.78, 5) is 27.5. The summed E-state index contributed by atoms with van der Waals surface area (Å²) in [5.41, 5.74) is 0.571. The van der Waals surface area contributed by atoms with Gasteiger partial charge in [0.05, 0.1) is 6.54 Å². The van der Waals surface area contributed by atoms with Gasteiger partial charge in [0.15, 0.2) is 0 Å². The van der Waals surface area contributed by atoms with Gasteiger partial charge in [-0.15, -0.1) is 0 Å². The Morgan fingerprint density at radius 2 is 2.12 bits per heavy atom. The normalized spacial score (nSPS) is 17.8. The standard InChI is InChI=1S/C18H26FN3O2/c1-13(2)22-10-14(8-18(22)24)9-20-17(23)12-21(3)11-15-6-4-5-7-16(15)19/h4-7,13-14H,8-12H2,1-3H3,(H,20,23)/t14-/m0/s1. The Hall–Kier alpha value is -1.95. The van der Waals surface area contributed by atoms with Crippen molar-refractivity contribution >= 4 is 11.8 Å². The predicted octanol–water partition coefficient (Wildman–Crippen LogP) is 1.63. The van der Waals surface area contributed by atoms with Crippen molar-refractivity contribution in [1.29, 1.82) is 0 Å². The maximum Gasteiger partial charge on any atom is 0.234 e. The van der Waals surface area contributed by atoms with Crippen molar-refractivity contribution < 1.29 is 14.0 Å². The van der Waals surface area contributed by atoms with Crippen molar-refractivity contribution in [1.82, 2.24) is 15.1 Å². The smallest absolute Gasteiger partial charge is 0.234 e. The summed E-state index contributed by atoms with van der Waals surface area (Å²) in [6.07, 6.45) is 0.490. The van der Waals surface area contributed by atoms with Crippen molar-refractivity contribution in [2.45, 2.75) is 32.9 Å². The molecule has 0 saturated carbocycles. The van der Waals surface area contributed by atoms with Gasteiger partial charge < -0.3 is 10.2 Å². The summed E-state index contributed by atoms with van der Waals surface area (Å²) in [5.74, 6) is -0.0473. The lowest BCUT2D eigenvalue weighted by Gasteiger charge is -2.21. The molecule has 1 aliphatic heterocycles. The average molecular weight is 335 g/mol. The molecule has 1 atom stereocenters. The molecular formula is C18H26FN3O2. The summed E-state index contributed by atoms with van der Waals surface area (Å²) < 4.78 is 13.6. The number of likely N-dealkylation sites (tertiary alicyclic amines) is 1. The molecule has 6 heteroatoms. The number of rotatable bonds is 7. The van der Waals surface area contributed by atoms with E-state index in [1.165, 1.54) is 6.07 Å². The Kier molecular flexibility index (Phi) is 6.31. The van der Waals surface area contributed by atoms with Crippen molar-refractivity contribution in [3.8, 4) is 0 Å². The topological polar surface area (TPSA) is 52.7 Å². The third-order valence-corrected chi connectivity index (χ3v) is 4.26. The van der Waals surface area contributed by atoms with Crippen LogP contribution in [0.25, 0.3) is 0 Å². The van der Waals surface area contributed by atoms with Gasteiger partial charge in [-0.25, -0.2) is 4.39 Å². The van der Waals surface area contributed by atoms with E-state index in [-0.39, 0.29) is 36.1 Å². The third-order valence-electron chi connectivity index (χ3n) is 4.26. The summed E-state index contributed by atoms with van der Waals surface area (Å²) in [6.45, 7) is 5.77. The van der Waals surface area contributed by atoms with Crippen LogP contribution in [-0.2, 0) is 16.1 Å². The van der Waals surface area contributed by atoms with Crippen molar-refractivity contribution in [2.75, 3.05) is 26.7 Å². The Labute approximate surface area is 142 Å². The van der Waals surface area contributed by atoms with Crippen LogP contribution in [0, 0.1) is 11.7 Å². The van der Waals surface area contributed by atoms with E-state index in [2.05, 4.69) is 5.32 Å². The molecule has 1 aliphatic rings. The van der Waals surface area contributed by atoms with Gasteiger partial charge in [0.25, 0.3) is 0 Å². The van der Waals surface area contributed by atoms with Crippen molar-refractivity contribution in [2.24, 2.45) is 5.92 Å². The zero-order valence-electron chi connectivity index (χ0n) is 14.6. The molecule has 1 fully saturated rings. The minimum Gasteiger partial charge on any atom is -0.355 e. The molecule has 1 N–H and O–H groups in total. The predicted molar refractivity (Wildman–Crippen MR) is 90.7 cm³/mol. The second kappa shape index (κ2) is 8.24. The van der Waals surface area contributed by atoms with E-state index in [1.807, 2.05) is 18.7 Å². The van der Waals surface area contributed by atoms with Gasteiger partial charge in [0.2, 0.25) is 11.8 Å². The van der Waals surface area contributed by atoms with E-state index in [9.17, 15) is 14.0 Å². The molecule has 0 aliphatic carbocycles. The largest absolute Gasteiger partial charge is 0.355 e. The molecule has 132 valence electrons. The maximum atomic E-state index is 13.6. The summed E-state index contributed by atoms with van der Waals surface area (Å²) in [6, 6.07) is 6.76. The SMILES string of the molecule is CC(C)N1C[C@H](CNC(=O)CN(C)Cc2ccccc2F)CC1=O. The van der Waals surface area contributed by atoms with E-state index in [1.54, 1.807) is 30.1 Å². The van der Waals surface area contributed by atoms with E-state index in [0.29, 0.717) is 31.6 Å². The van der Waals surface area contributed by atoms with Gasteiger partial charge in [-0.05, 0) is 27.0 Å². The number of hydrogen-bond donors (Lipinski definition) is 1. The van der Waals surface area contributed by atoms with Gasteiger partial charge in [-0.3, -0.25) is 14.5 Å². The lowest BCUT2D eigenvalue weighted by Crippen LogP contribution is -2.38. The number of amides is 2. The minimum absolute atomic E-state index is 0.107. The average Bonchev–Trinajstić information content (AvgIpc) is 2.89. The Balaban J connectivity index is 1.74. The first kappa shape index (κ1) is 18.4. The van der Waals surface area contributed by atoms with Crippen LogP contribution in [0.2, 0.25) is 0 Å². The summed E-state index contributed by atoms with van der Waals surface area (Å²) in [5, 5.41) is 2.88. The Bertz CT molecular complexity index is 591. The van der Waals surface area contributed by atoms with Crippen LogP contribution >= 0.6 is 0 Å². The number of hydrogen-bond acceptors (Lipinski definition) is 3. The summed E-state index contributed by atoms with van der Waals surface area (Å²) >= 11 is 0. The number of nitrogens with zero attached hydrogens (tertiary/aromatic N) is 2. The van der Waals surface area contributed by atoms with Crippen molar-refractivity contribution in [3.05, 3.63) is 35.6 Å². The van der Waals surface area contributed by atoms with E-state index in [4.69, 9.17) is 0 Å². The van der Waals surface area contributed by atoms with Crippen LogP contribution in [0.4, 0.5) is 4.39 Å². The fourth-order valence-corrected chi connectivity index (χ4v) is 2.98. The Morgan fingerprint density at radius 1 is 1.42 bits per heavy atom. The molecular weight excluding hydrogens is 309 g/mol. The van der Waals surface area contributed by atoms with Crippen LogP contribution in [0.15, 0.2) is 24.3 Å². The molecule has 1 aromatic carbocycles. The van der Waals surface area contributed by atoms with Crippen LogP contribution in [0.5, 0.6) is 0 Å². The molecule has 0 aromatic heterocycles. The number of carbonyl (C=O) groups is 2. The van der Waals surface area contributed by atoms with Crippen LogP contribution in [0.3, 0.4) is 0 Å². The molecule has 2 amide bonds. The van der Waals surface area contributed by atoms with Crippen LogP contribution in [-0.4, -0.2) is 54.3 Å². The first-order valence-corrected chi connectivity index (χ1v) is 8.35. The molecule has 0 spiro atoms. The van der Waals surface area contributed by atoms with E-state index < -0.39 is 0 Å². The molecule has 1 aromatic rings. The monoisotopic (exact) mass is 335 g/mol. The number of benzene rings is 1. The second-order valence-electron chi connectivity index (χ2n) is 6.78. The van der Waals surface area contributed by atoms with Gasteiger partial charge in [-0.1, -0.05) is 18.2 Å². The second-order valence-corrected chi connectivity index (χ2v) is 6.78. The highest BCUT2D eigenvalue weighted by atomic mass is 19.1. The van der Waals surface area contributed by atoms with Gasteiger partial charge in [0, 0.05) is 43.6 Å². The molecule has 5 nitrogen and oxygen atoms in total. The zero-order valence-corrected chi connectivity index (χ0v) is 14.6. The molecule has 0 radical (unpaired) electrons. The fraction of sp³-hybridized carbons (Fsp3) is 0.556. The number of likely N-dealkylation sites (N-methyl/N-ethyl adjacent to an activating group) is 1. The highest BCUT2D eigenvalue weighted by Crippen LogP contribution is 2.19. The molecule has 1 saturated heterocycles. The third kappa shape index (κ3) is 5.03. The molecule has 0 bridgehead atoms. The van der Waals surface area contributed by atoms with Gasteiger partial charge in [0.1, 0.15) is 5.82 Å². The van der Waals surface area contributed by atoms with E-state index >= 15 is 0 Å². The first-order valence-electron chi connectivity index (χ1n) is 8.35. The molecule has 1 heterocycles. The quantitative estimate of drug-likeness (QED) is 0.824. The molecule has 24 heavy (non-hydrogen) atoms. The maximum absolute atomic E-state index is 13.6. The van der Waals surface area contributed by atoms with E-state index in [0.717, 1.165) is 0 Å². The van der Waals surface area contributed by atoms with Crippen molar-refractivity contribution in [3.63, 3.8) is 0 Å². The Morgan fingerprint density at radius 3 is 2.75 bits per heavy atom. The zero-order chi connectivity index (χ0) is 17.7. The molecule has 2 rings (SSSR count). The number of halogens is 1. The summed E-state index contributed by atoms with van der Waals surface area (Å²) in [7, 11) is 1.78. The number of carbonyl (C=O) groups excluding carboxylic acids is 2. The van der Waals surface area contributed by atoms with Gasteiger partial charge >= 0.3 is 0 Å². The molecule has 0 unspecified atom stereocenters. The highest BCUT2D eigenvalue weighted by molar-refractivity contribution is 5.80. The highest BCUT2D eigenvalue weighted by Gasteiger charge is 2.31. The number of nitrogens with one attached hydrogen (secondary N) is 1. The van der Waals surface area contributed by atoms with Crippen LogP contribution < -0.4 is 5.32 Å². The van der Waals surface area contributed by atoms with Gasteiger partial charge in [-0.2, -0.15) is 0 Å².